The SMILES string of the molecule is CN[C@@H](C)C(=O)NC(C(=O)N1CC[C@@H]2[C@H]1[C@@H](c1c[nH]c3cc(F)ccc13)CN2C(=O)C(NC(=O)[C@H](C)NC)C1CCCCC1)=C1CCCCC1. The van der Waals surface area contributed by atoms with E-state index >= 15 is 0 Å². The number of H-pyrrole nitrogens is 1. The van der Waals surface area contributed by atoms with Crippen molar-refractivity contribution in [3.63, 3.8) is 0 Å². The van der Waals surface area contributed by atoms with Gasteiger partial charge in [-0.3, -0.25) is 19.2 Å². The zero-order chi connectivity index (χ0) is 35.5. The minimum absolute atomic E-state index is 0.0315. The first-order valence-electron chi connectivity index (χ1n) is 18.7. The summed E-state index contributed by atoms with van der Waals surface area (Å²) >= 11 is 0. The Morgan fingerprint density at radius 3 is 2.26 bits per heavy atom. The van der Waals surface area contributed by atoms with Crippen LogP contribution in [0.5, 0.6) is 0 Å². The molecular formula is C38H54FN7O4. The number of halogens is 1. The summed E-state index contributed by atoms with van der Waals surface area (Å²) in [5, 5.41) is 13.0. The van der Waals surface area contributed by atoms with Gasteiger partial charge in [0, 0.05) is 36.1 Å². The lowest BCUT2D eigenvalue weighted by Crippen LogP contribution is -2.57. The summed E-state index contributed by atoms with van der Waals surface area (Å²) in [5.41, 5.74) is 2.93. The van der Waals surface area contributed by atoms with Crippen LogP contribution >= 0.6 is 0 Å². The van der Waals surface area contributed by atoms with Gasteiger partial charge in [0.15, 0.2) is 0 Å². The zero-order valence-electron chi connectivity index (χ0n) is 29.9. The molecule has 0 radical (unpaired) electrons. The van der Waals surface area contributed by atoms with Crippen molar-refractivity contribution in [1.29, 1.82) is 0 Å². The first-order valence-corrected chi connectivity index (χ1v) is 18.7. The number of hydrogen-bond donors (Lipinski definition) is 5. The van der Waals surface area contributed by atoms with Crippen molar-refractivity contribution in [1.82, 2.24) is 36.1 Å². The van der Waals surface area contributed by atoms with Gasteiger partial charge < -0.3 is 36.1 Å². The molecule has 12 heteroatoms. The summed E-state index contributed by atoms with van der Waals surface area (Å²) in [5.74, 6) is -1.36. The lowest BCUT2D eigenvalue weighted by molar-refractivity contribution is -0.139. The van der Waals surface area contributed by atoms with E-state index in [-0.39, 0.29) is 53.4 Å². The van der Waals surface area contributed by atoms with E-state index in [4.69, 9.17) is 0 Å². The molecule has 4 amide bonds. The molecule has 6 rings (SSSR count). The molecule has 3 heterocycles. The number of hydrogen-bond acceptors (Lipinski definition) is 6. The van der Waals surface area contributed by atoms with Crippen LogP contribution in [0.25, 0.3) is 10.9 Å². The number of aromatic amines is 1. The van der Waals surface area contributed by atoms with E-state index < -0.39 is 18.1 Å². The second-order valence-corrected chi connectivity index (χ2v) is 14.8. The molecule has 2 saturated carbocycles. The van der Waals surface area contributed by atoms with E-state index in [1.807, 2.05) is 16.0 Å². The Labute approximate surface area is 294 Å². The highest BCUT2D eigenvalue weighted by Gasteiger charge is 2.54. The fourth-order valence-corrected chi connectivity index (χ4v) is 8.74. The van der Waals surface area contributed by atoms with Gasteiger partial charge in [-0.15, -0.1) is 0 Å². The number of fused-ring (bicyclic) bond motifs is 2. The largest absolute Gasteiger partial charge is 0.361 e. The molecule has 50 heavy (non-hydrogen) atoms. The molecule has 272 valence electrons. The molecule has 1 aromatic heterocycles. The summed E-state index contributed by atoms with van der Waals surface area (Å²) in [4.78, 5) is 63.1. The van der Waals surface area contributed by atoms with Gasteiger partial charge in [0.05, 0.1) is 24.2 Å². The molecule has 2 saturated heterocycles. The number of carbonyl (C=O) groups excluding carboxylic acids is 4. The molecule has 1 aromatic carbocycles. The van der Waals surface area contributed by atoms with Crippen LogP contribution in [0, 0.1) is 11.7 Å². The Morgan fingerprint density at radius 1 is 0.880 bits per heavy atom. The number of likely N-dealkylation sites (tertiary alicyclic amines) is 2. The van der Waals surface area contributed by atoms with Crippen LogP contribution < -0.4 is 21.3 Å². The highest BCUT2D eigenvalue weighted by molar-refractivity contribution is 6.00. The molecule has 0 spiro atoms. The molecule has 2 aliphatic carbocycles. The number of benzene rings is 1. The van der Waals surface area contributed by atoms with Gasteiger partial charge in [-0.2, -0.15) is 0 Å². The van der Waals surface area contributed by atoms with E-state index in [2.05, 4.69) is 26.3 Å². The Hall–Kier alpha value is -3.77. The average molecular weight is 692 g/mol. The molecule has 2 aromatic rings. The van der Waals surface area contributed by atoms with Gasteiger partial charge in [-0.05, 0) is 108 Å². The smallest absolute Gasteiger partial charge is 0.270 e. The lowest BCUT2D eigenvalue weighted by atomic mass is 9.83. The lowest BCUT2D eigenvalue weighted by Gasteiger charge is -2.35. The van der Waals surface area contributed by atoms with Crippen LogP contribution in [-0.2, 0) is 19.2 Å². The standard InChI is InChI=1S/C38H54FN7O4/c1-22(40-3)35(47)43-32(24-11-7-5-8-12-24)37(49)45-18-17-31-34(45)29(28-20-42-30-19-26(39)15-16-27(28)30)21-46(31)38(50)33(25-13-9-6-10-14-25)44-36(48)23(2)41-4/h15-16,19-20,22-23,25,29,31,33-34,40-42H,5-14,17-18,21H2,1-4H3,(H,43,47)(H,44,48)/t22-,23-,29+,31+,33?,34+/m0/s1. The Morgan fingerprint density at radius 2 is 1.56 bits per heavy atom. The van der Waals surface area contributed by atoms with Gasteiger partial charge in [-0.25, -0.2) is 4.39 Å². The van der Waals surface area contributed by atoms with E-state index in [0.717, 1.165) is 80.7 Å². The van der Waals surface area contributed by atoms with Crippen LogP contribution in [0.1, 0.15) is 96.0 Å². The first-order chi connectivity index (χ1) is 24.1. The van der Waals surface area contributed by atoms with Crippen LogP contribution in [0.15, 0.2) is 35.7 Å². The normalized spacial score (nSPS) is 24.5. The number of nitrogens with zero attached hydrogens (tertiary/aromatic N) is 2. The number of aromatic nitrogens is 1. The predicted octanol–water partition coefficient (Wildman–Crippen LogP) is 3.82. The summed E-state index contributed by atoms with van der Waals surface area (Å²) in [6.07, 6.45) is 11.9. The fourth-order valence-electron chi connectivity index (χ4n) is 8.74. The number of carbonyl (C=O) groups is 4. The van der Waals surface area contributed by atoms with E-state index in [1.54, 1.807) is 34.0 Å². The molecule has 5 N–H and O–H groups in total. The zero-order valence-corrected chi connectivity index (χ0v) is 29.9. The monoisotopic (exact) mass is 691 g/mol. The van der Waals surface area contributed by atoms with Gasteiger partial charge in [0.25, 0.3) is 5.91 Å². The van der Waals surface area contributed by atoms with Crippen molar-refractivity contribution in [2.75, 3.05) is 27.2 Å². The van der Waals surface area contributed by atoms with Gasteiger partial charge in [0.1, 0.15) is 17.6 Å². The molecule has 0 bridgehead atoms. The third kappa shape index (κ3) is 7.19. The third-order valence-electron chi connectivity index (χ3n) is 11.9. The van der Waals surface area contributed by atoms with Crippen molar-refractivity contribution in [3.8, 4) is 0 Å². The fraction of sp³-hybridized carbons (Fsp3) is 0.632. The topological polar surface area (TPSA) is 139 Å². The number of likely N-dealkylation sites (N-methyl/N-ethyl adjacent to an activating group) is 2. The third-order valence-corrected chi connectivity index (χ3v) is 11.9. The molecule has 4 fully saturated rings. The molecule has 1 unspecified atom stereocenters. The Bertz CT molecular complexity index is 1610. The minimum Gasteiger partial charge on any atom is -0.361 e. The molecule has 4 aliphatic rings. The molecule has 6 atom stereocenters. The van der Waals surface area contributed by atoms with Crippen molar-refractivity contribution in [2.45, 2.75) is 121 Å². The molecule has 11 nitrogen and oxygen atoms in total. The van der Waals surface area contributed by atoms with Crippen molar-refractivity contribution in [3.05, 3.63) is 47.0 Å². The average Bonchev–Trinajstić information content (AvgIpc) is 3.86. The summed E-state index contributed by atoms with van der Waals surface area (Å²) in [6.45, 7) is 4.34. The van der Waals surface area contributed by atoms with Gasteiger partial charge >= 0.3 is 0 Å². The number of allylic oxidation sites excluding steroid dienone is 1. The van der Waals surface area contributed by atoms with E-state index in [1.165, 1.54) is 12.1 Å². The van der Waals surface area contributed by atoms with Gasteiger partial charge in [0.2, 0.25) is 17.7 Å². The predicted molar refractivity (Wildman–Crippen MR) is 190 cm³/mol. The molecular weight excluding hydrogens is 637 g/mol. The van der Waals surface area contributed by atoms with Crippen LogP contribution in [0.3, 0.4) is 0 Å². The van der Waals surface area contributed by atoms with Crippen molar-refractivity contribution >= 4 is 34.5 Å². The first kappa shape index (κ1) is 36.0. The minimum atomic E-state index is -0.665. The highest BCUT2D eigenvalue weighted by Crippen LogP contribution is 2.44. The van der Waals surface area contributed by atoms with E-state index in [9.17, 15) is 23.6 Å². The highest BCUT2D eigenvalue weighted by atomic mass is 19.1. The second-order valence-electron chi connectivity index (χ2n) is 14.8. The van der Waals surface area contributed by atoms with Crippen molar-refractivity contribution < 1.29 is 23.6 Å². The van der Waals surface area contributed by atoms with Crippen LogP contribution in [0.4, 0.5) is 4.39 Å². The maximum Gasteiger partial charge on any atom is 0.270 e. The maximum absolute atomic E-state index is 14.8. The second kappa shape index (κ2) is 15.6. The molecule has 2 aliphatic heterocycles. The Kier molecular flexibility index (Phi) is 11.3. The number of rotatable bonds is 10. The summed E-state index contributed by atoms with van der Waals surface area (Å²) in [7, 11) is 3.45. The maximum atomic E-state index is 14.8. The van der Waals surface area contributed by atoms with Crippen molar-refractivity contribution in [2.24, 2.45) is 5.92 Å². The number of nitrogens with one attached hydrogen (secondary N) is 5. The summed E-state index contributed by atoms with van der Waals surface area (Å²) < 4.78 is 14.3. The quantitative estimate of drug-likeness (QED) is 0.240. The van der Waals surface area contributed by atoms with Gasteiger partial charge in [-0.1, -0.05) is 25.7 Å². The van der Waals surface area contributed by atoms with Crippen LogP contribution in [0.2, 0.25) is 0 Å². The Balaban J connectivity index is 1.38. The summed E-state index contributed by atoms with van der Waals surface area (Å²) in [6, 6.07) is 2.42. The van der Waals surface area contributed by atoms with Crippen LogP contribution in [-0.4, -0.2) is 95.8 Å². The number of amides is 4. The van der Waals surface area contributed by atoms with E-state index in [0.29, 0.717) is 30.7 Å².